The van der Waals surface area contributed by atoms with Crippen LogP contribution in [0, 0.1) is 0 Å². The zero-order valence-corrected chi connectivity index (χ0v) is 8.88. The third kappa shape index (κ3) is 3.41. The number of ether oxygens (including phenoxy) is 1. The SMILES string of the molecule is CCCO/N=C(/C=O)C1=CSCCO1. The summed E-state index contributed by atoms with van der Waals surface area (Å²) in [5.41, 5.74) is 0.227. The Morgan fingerprint density at radius 1 is 1.86 bits per heavy atom. The number of carbonyl (C=O) groups excluding carboxylic acids is 1. The van der Waals surface area contributed by atoms with Gasteiger partial charge in [-0.1, -0.05) is 12.1 Å². The van der Waals surface area contributed by atoms with Crippen molar-refractivity contribution in [3.05, 3.63) is 11.2 Å². The van der Waals surface area contributed by atoms with Crippen LogP contribution < -0.4 is 0 Å². The van der Waals surface area contributed by atoms with Crippen LogP contribution in [0.1, 0.15) is 13.3 Å². The lowest BCUT2D eigenvalue weighted by molar-refractivity contribution is -0.103. The fourth-order valence-electron chi connectivity index (χ4n) is 0.834. The number of hydrogen-bond donors (Lipinski definition) is 0. The highest BCUT2D eigenvalue weighted by Crippen LogP contribution is 2.15. The first-order chi connectivity index (χ1) is 6.88. The monoisotopic (exact) mass is 215 g/mol. The van der Waals surface area contributed by atoms with E-state index in [-0.39, 0.29) is 5.71 Å². The molecule has 0 aliphatic carbocycles. The molecule has 0 saturated heterocycles. The highest BCUT2D eigenvalue weighted by Gasteiger charge is 2.12. The minimum absolute atomic E-state index is 0.227. The standard InChI is InChI=1S/C9H13NO3S/c1-2-3-13-10-8(6-11)9-7-14-5-4-12-9/h6-7H,2-5H2,1H3/b10-8-. The summed E-state index contributed by atoms with van der Waals surface area (Å²) in [5, 5.41) is 5.48. The van der Waals surface area contributed by atoms with Crippen LogP contribution in [0.25, 0.3) is 0 Å². The third-order valence-electron chi connectivity index (χ3n) is 1.47. The van der Waals surface area contributed by atoms with E-state index in [1.165, 1.54) is 0 Å². The van der Waals surface area contributed by atoms with Crippen LogP contribution in [0.4, 0.5) is 0 Å². The van der Waals surface area contributed by atoms with E-state index in [1.807, 2.05) is 6.92 Å². The van der Waals surface area contributed by atoms with Crippen LogP contribution in [0.5, 0.6) is 0 Å². The molecule has 0 atom stereocenters. The molecule has 0 radical (unpaired) electrons. The maximum atomic E-state index is 10.7. The minimum Gasteiger partial charge on any atom is -0.490 e. The van der Waals surface area contributed by atoms with Gasteiger partial charge in [0, 0.05) is 11.2 Å². The molecule has 0 aromatic carbocycles. The Kier molecular flexibility index (Phi) is 5.14. The number of rotatable bonds is 5. The summed E-state index contributed by atoms with van der Waals surface area (Å²) < 4.78 is 5.26. The van der Waals surface area contributed by atoms with Crippen molar-refractivity contribution in [3.63, 3.8) is 0 Å². The largest absolute Gasteiger partial charge is 0.490 e. The Morgan fingerprint density at radius 3 is 3.29 bits per heavy atom. The predicted molar refractivity (Wildman–Crippen MR) is 56.2 cm³/mol. The van der Waals surface area contributed by atoms with Gasteiger partial charge in [0.2, 0.25) is 0 Å². The fraction of sp³-hybridized carbons (Fsp3) is 0.556. The highest BCUT2D eigenvalue weighted by atomic mass is 32.2. The van der Waals surface area contributed by atoms with E-state index in [0.29, 0.717) is 25.3 Å². The summed E-state index contributed by atoms with van der Waals surface area (Å²) >= 11 is 1.60. The van der Waals surface area contributed by atoms with Gasteiger partial charge in [-0.15, -0.1) is 11.8 Å². The second-order valence-electron chi connectivity index (χ2n) is 2.63. The summed E-state index contributed by atoms with van der Waals surface area (Å²) in [5.74, 6) is 1.41. The Bertz CT molecular complexity index is 250. The molecule has 14 heavy (non-hydrogen) atoms. The van der Waals surface area contributed by atoms with Crippen LogP contribution in [0.15, 0.2) is 16.3 Å². The molecule has 0 spiro atoms. The molecule has 78 valence electrons. The van der Waals surface area contributed by atoms with Gasteiger partial charge in [-0.3, -0.25) is 4.79 Å². The molecule has 1 rings (SSSR count). The van der Waals surface area contributed by atoms with Gasteiger partial charge >= 0.3 is 0 Å². The quantitative estimate of drug-likeness (QED) is 0.302. The lowest BCUT2D eigenvalue weighted by atomic mass is 10.3. The van der Waals surface area contributed by atoms with E-state index < -0.39 is 0 Å². The van der Waals surface area contributed by atoms with Gasteiger partial charge in [-0.2, -0.15) is 0 Å². The lowest BCUT2D eigenvalue weighted by Gasteiger charge is -2.12. The summed E-state index contributed by atoms with van der Waals surface area (Å²) in [7, 11) is 0. The number of hydrogen-bond acceptors (Lipinski definition) is 5. The minimum atomic E-state index is 0.227. The van der Waals surface area contributed by atoms with E-state index in [4.69, 9.17) is 9.57 Å². The molecule has 0 aromatic rings. The van der Waals surface area contributed by atoms with Gasteiger partial charge in [-0.05, 0) is 6.42 Å². The van der Waals surface area contributed by atoms with Crippen molar-refractivity contribution < 1.29 is 14.4 Å². The van der Waals surface area contributed by atoms with Gasteiger partial charge in [0.1, 0.15) is 6.61 Å². The van der Waals surface area contributed by atoms with Gasteiger partial charge in [0.05, 0.1) is 6.61 Å². The van der Waals surface area contributed by atoms with Crippen molar-refractivity contribution in [1.82, 2.24) is 0 Å². The molecule has 1 aliphatic rings. The van der Waals surface area contributed by atoms with Gasteiger partial charge in [0.25, 0.3) is 0 Å². The summed E-state index contributed by atoms with van der Waals surface area (Å²) in [6.07, 6.45) is 1.51. The van der Waals surface area contributed by atoms with Gasteiger partial charge in [-0.25, -0.2) is 0 Å². The Labute approximate surface area is 87.3 Å². The van der Waals surface area contributed by atoms with Crippen LogP contribution in [-0.2, 0) is 14.4 Å². The molecule has 0 aromatic heterocycles. The van der Waals surface area contributed by atoms with Gasteiger partial charge < -0.3 is 9.57 Å². The third-order valence-corrected chi connectivity index (χ3v) is 2.25. The topological polar surface area (TPSA) is 47.9 Å². The van der Waals surface area contributed by atoms with E-state index in [0.717, 1.165) is 12.2 Å². The van der Waals surface area contributed by atoms with E-state index in [2.05, 4.69) is 5.16 Å². The second kappa shape index (κ2) is 6.48. The molecule has 1 aliphatic heterocycles. The lowest BCUT2D eigenvalue weighted by Crippen LogP contribution is -2.13. The van der Waals surface area contributed by atoms with Crippen LogP contribution in [0.2, 0.25) is 0 Å². The maximum Gasteiger partial charge on any atom is 0.184 e. The fourth-order valence-corrected chi connectivity index (χ4v) is 1.47. The van der Waals surface area contributed by atoms with Crippen LogP contribution in [0.3, 0.4) is 0 Å². The highest BCUT2D eigenvalue weighted by molar-refractivity contribution is 8.02. The Balaban J connectivity index is 2.55. The molecular weight excluding hydrogens is 202 g/mol. The first-order valence-electron chi connectivity index (χ1n) is 4.48. The van der Waals surface area contributed by atoms with E-state index in [1.54, 1.807) is 17.2 Å². The number of allylic oxidation sites excluding steroid dienone is 1. The number of oxime groups is 1. The molecule has 1 heterocycles. The number of thioether (sulfide) groups is 1. The molecular formula is C9H13NO3S. The van der Waals surface area contributed by atoms with Crippen molar-refractivity contribution >= 4 is 23.8 Å². The maximum absolute atomic E-state index is 10.7. The molecule has 4 nitrogen and oxygen atoms in total. The van der Waals surface area contributed by atoms with Crippen molar-refractivity contribution in [2.45, 2.75) is 13.3 Å². The van der Waals surface area contributed by atoms with Gasteiger partial charge in [0.15, 0.2) is 17.8 Å². The zero-order chi connectivity index (χ0) is 10.2. The first-order valence-corrected chi connectivity index (χ1v) is 5.53. The molecule has 0 amide bonds. The average molecular weight is 215 g/mol. The van der Waals surface area contributed by atoms with Crippen molar-refractivity contribution in [3.8, 4) is 0 Å². The molecule has 0 bridgehead atoms. The molecule has 0 fully saturated rings. The second-order valence-corrected chi connectivity index (χ2v) is 3.61. The molecule has 0 unspecified atom stereocenters. The van der Waals surface area contributed by atoms with Crippen LogP contribution in [-0.4, -0.2) is 31.0 Å². The predicted octanol–water partition coefficient (Wildman–Crippen LogP) is 1.57. The zero-order valence-electron chi connectivity index (χ0n) is 8.06. The summed E-state index contributed by atoms with van der Waals surface area (Å²) in [6, 6.07) is 0. The number of aldehydes is 1. The van der Waals surface area contributed by atoms with E-state index in [9.17, 15) is 4.79 Å². The Morgan fingerprint density at radius 2 is 2.71 bits per heavy atom. The van der Waals surface area contributed by atoms with Crippen molar-refractivity contribution in [2.24, 2.45) is 5.16 Å². The number of carbonyl (C=O) groups is 1. The number of nitrogens with zero attached hydrogens (tertiary/aromatic N) is 1. The average Bonchev–Trinajstić information content (AvgIpc) is 2.26. The molecule has 5 heteroatoms. The van der Waals surface area contributed by atoms with E-state index >= 15 is 0 Å². The normalized spacial score (nSPS) is 16.9. The van der Waals surface area contributed by atoms with Crippen molar-refractivity contribution in [1.29, 1.82) is 0 Å². The molecule has 0 saturated carbocycles. The van der Waals surface area contributed by atoms with Crippen LogP contribution >= 0.6 is 11.8 Å². The summed E-state index contributed by atoms with van der Waals surface area (Å²) in [6.45, 7) is 3.09. The molecule has 0 N–H and O–H groups in total. The first kappa shape index (κ1) is 11.1. The Hall–Kier alpha value is -0.970. The summed E-state index contributed by atoms with van der Waals surface area (Å²) in [4.78, 5) is 15.6. The smallest absolute Gasteiger partial charge is 0.184 e. The van der Waals surface area contributed by atoms with Crippen molar-refractivity contribution in [2.75, 3.05) is 19.0 Å².